The Balaban J connectivity index is 2.05. The predicted octanol–water partition coefficient (Wildman–Crippen LogP) is 1.39. The fourth-order valence-electron chi connectivity index (χ4n) is 1.70. The van der Waals surface area contributed by atoms with Gasteiger partial charge in [-0.05, 0) is 30.8 Å². The molecule has 5 nitrogen and oxygen atoms in total. The van der Waals surface area contributed by atoms with Crippen molar-refractivity contribution in [1.29, 1.82) is 0 Å². The van der Waals surface area contributed by atoms with Crippen molar-refractivity contribution in [2.24, 2.45) is 7.05 Å². The van der Waals surface area contributed by atoms with Gasteiger partial charge in [-0.15, -0.1) is 0 Å². The van der Waals surface area contributed by atoms with Crippen LogP contribution in [0.4, 0.5) is 5.69 Å². The molecular weight excluding hydrogens is 228 g/mol. The van der Waals surface area contributed by atoms with Crippen LogP contribution in [0.25, 0.3) is 0 Å². The molecule has 0 unspecified atom stereocenters. The van der Waals surface area contributed by atoms with Crippen LogP contribution < -0.4 is 10.6 Å². The number of rotatable bonds is 4. The highest BCUT2D eigenvalue weighted by molar-refractivity contribution is 6.02. The molecule has 2 rings (SSSR count). The number of aromatic nitrogens is 2. The number of carbonyl (C=O) groups is 1. The molecule has 2 N–H and O–H groups in total. The maximum absolute atomic E-state index is 11.9. The van der Waals surface area contributed by atoms with E-state index in [1.165, 1.54) is 5.56 Å². The minimum atomic E-state index is -0.156. The van der Waals surface area contributed by atoms with Crippen LogP contribution in [0.3, 0.4) is 0 Å². The zero-order valence-electron chi connectivity index (χ0n) is 10.5. The van der Waals surface area contributed by atoms with E-state index in [-0.39, 0.29) is 5.91 Å². The second-order valence-corrected chi connectivity index (χ2v) is 4.02. The summed E-state index contributed by atoms with van der Waals surface area (Å²) in [5.41, 5.74) is 2.49. The van der Waals surface area contributed by atoms with E-state index in [0.29, 0.717) is 5.69 Å². The summed E-state index contributed by atoms with van der Waals surface area (Å²) in [5, 5.41) is 9.87. The molecule has 0 spiro atoms. The van der Waals surface area contributed by atoms with Crippen LogP contribution in [0, 0.1) is 0 Å². The number of aryl methyl sites for hydroxylation is 1. The van der Waals surface area contributed by atoms with E-state index in [1.807, 2.05) is 31.3 Å². The van der Waals surface area contributed by atoms with Crippen molar-refractivity contribution >= 4 is 11.6 Å². The van der Waals surface area contributed by atoms with Gasteiger partial charge in [-0.3, -0.25) is 9.48 Å². The number of anilines is 1. The molecule has 0 bridgehead atoms. The summed E-state index contributed by atoms with van der Waals surface area (Å²) in [6.07, 6.45) is 1.60. The summed E-state index contributed by atoms with van der Waals surface area (Å²) in [6, 6.07) is 9.43. The van der Waals surface area contributed by atoms with Gasteiger partial charge in [0.1, 0.15) is 5.69 Å². The Bertz CT molecular complexity index is 530. The average Bonchev–Trinajstić information content (AvgIpc) is 2.78. The minimum Gasteiger partial charge on any atom is -0.321 e. The number of nitrogens with zero attached hydrogens (tertiary/aromatic N) is 2. The zero-order chi connectivity index (χ0) is 13.0. The molecule has 0 saturated heterocycles. The van der Waals surface area contributed by atoms with Gasteiger partial charge < -0.3 is 10.6 Å². The molecule has 5 heteroatoms. The van der Waals surface area contributed by atoms with E-state index in [1.54, 1.807) is 24.0 Å². The molecule has 1 heterocycles. The maximum atomic E-state index is 11.9. The normalized spacial score (nSPS) is 10.3. The minimum absolute atomic E-state index is 0.156. The van der Waals surface area contributed by atoms with Gasteiger partial charge in [0.15, 0.2) is 0 Å². The average molecular weight is 244 g/mol. The molecule has 0 aliphatic rings. The van der Waals surface area contributed by atoms with Gasteiger partial charge in [-0.25, -0.2) is 0 Å². The topological polar surface area (TPSA) is 58.9 Å². The lowest BCUT2D eigenvalue weighted by molar-refractivity contribution is 0.101. The molecule has 94 valence electrons. The third-order valence-corrected chi connectivity index (χ3v) is 2.65. The first kappa shape index (κ1) is 12.3. The fraction of sp³-hybridized carbons (Fsp3) is 0.231. The van der Waals surface area contributed by atoms with Crippen LogP contribution in [-0.2, 0) is 13.6 Å². The van der Waals surface area contributed by atoms with Crippen LogP contribution in [0.15, 0.2) is 36.5 Å². The highest BCUT2D eigenvalue weighted by atomic mass is 16.2. The standard InChI is InChI=1S/C13H16N4O/c1-14-9-10-3-5-11(6-4-10)16-13(18)12-7-8-15-17(12)2/h3-8,14H,9H2,1-2H3,(H,16,18). The van der Waals surface area contributed by atoms with E-state index in [4.69, 9.17) is 0 Å². The van der Waals surface area contributed by atoms with Gasteiger partial charge >= 0.3 is 0 Å². The fourth-order valence-corrected chi connectivity index (χ4v) is 1.70. The summed E-state index contributed by atoms with van der Waals surface area (Å²) in [4.78, 5) is 11.9. The molecule has 18 heavy (non-hydrogen) atoms. The molecule has 0 radical (unpaired) electrons. The van der Waals surface area contributed by atoms with Gasteiger partial charge in [-0.2, -0.15) is 5.10 Å². The molecule has 0 saturated carbocycles. The highest BCUT2D eigenvalue weighted by Gasteiger charge is 2.09. The first-order valence-corrected chi connectivity index (χ1v) is 5.73. The van der Waals surface area contributed by atoms with Crippen LogP contribution in [-0.4, -0.2) is 22.7 Å². The summed E-state index contributed by atoms with van der Waals surface area (Å²) in [6.45, 7) is 0.815. The second kappa shape index (κ2) is 5.46. The van der Waals surface area contributed by atoms with Crippen LogP contribution >= 0.6 is 0 Å². The van der Waals surface area contributed by atoms with Gasteiger partial charge in [0.05, 0.1) is 0 Å². The van der Waals surface area contributed by atoms with E-state index in [2.05, 4.69) is 15.7 Å². The van der Waals surface area contributed by atoms with Crippen LogP contribution in [0.1, 0.15) is 16.1 Å². The summed E-state index contributed by atoms with van der Waals surface area (Å²) in [7, 11) is 3.64. The third-order valence-electron chi connectivity index (χ3n) is 2.65. The van der Waals surface area contributed by atoms with E-state index in [0.717, 1.165) is 12.2 Å². The van der Waals surface area contributed by atoms with Gasteiger partial charge in [0, 0.05) is 25.5 Å². The number of hydrogen-bond donors (Lipinski definition) is 2. The van der Waals surface area contributed by atoms with Crippen molar-refractivity contribution in [3.05, 3.63) is 47.8 Å². The molecular formula is C13H16N4O. The molecule has 0 aliphatic heterocycles. The van der Waals surface area contributed by atoms with Crippen molar-refractivity contribution in [2.45, 2.75) is 6.54 Å². The van der Waals surface area contributed by atoms with Gasteiger partial charge in [-0.1, -0.05) is 12.1 Å². The molecule has 0 atom stereocenters. The summed E-state index contributed by atoms with van der Waals surface area (Å²) in [5.74, 6) is -0.156. The number of carbonyl (C=O) groups excluding carboxylic acids is 1. The Hall–Kier alpha value is -2.14. The van der Waals surface area contributed by atoms with Crippen LogP contribution in [0.2, 0.25) is 0 Å². The Kier molecular flexibility index (Phi) is 3.74. The first-order chi connectivity index (χ1) is 8.70. The van der Waals surface area contributed by atoms with Crippen molar-refractivity contribution < 1.29 is 4.79 Å². The number of benzene rings is 1. The Labute approximate surface area is 106 Å². The van der Waals surface area contributed by atoms with Crippen LogP contribution in [0.5, 0.6) is 0 Å². The lowest BCUT2D eigenvalue weighted by atomic mass is 10.2. The van der Waals surface area contributed by atoms with E-state index in [9.17, 15) is 4.79 Å². The molecule has 1 aromatic carbocycles. The molecule has 2 aromatic rings. The Morgan fingerprint density at radius 2 is 2.00 bits per heavy atom. The van der Waals surface area contributed by atoms with Crippen molar-refractivity contribution in [3.8, 4) is 0 Å². The molecule has 0 fully saturated rings. The third kappa shape index (κ3) is 2.75. The summed E-state index contributed by atoms with van der Waals surface area (Å²) >= 11 is 0. The molecule has 1 aromatic heterocycles. The van der Waals surface area contributed by atoms with Gasteiger partial charge in [0.25, 0.3) is 5.91 Å². The summed E-state index contributed by atoms with van der Waals surface area (Å²) < 4.78 is 1.55. The second-order valence-electron chi connectivity index (χ2n) is 4.02. The predicted molar refractivity (Wildman–Crippen MR) is 70.4 cm³/mol. The largest absolute Gasteiger partial charge is 0.321 e. The number of amides is 1. The SMILES string of the molecule is CNCc1ccc(NC(=O)c2ccnn2C)cc1. The maximum Gasteiger partial charge on any atom is 0.273 e. The van der Waals surface area contributed by atoms with Crippen molar-refractivity contribution in [1.82, 2.24) is 15.1 Å². The molecule has 0 aliphatic carbocycles. The number of nitrogens with one attached hydrogen (secondary N) is 2. The molecule has 1 amide bonds. The first-order valence-electron chi connectivity index (χ1n) is 5.73. The lowest BCUT2D eigenvalue weighted by Crippen LogP contribution is -2.16. The van der Waals surface area contributed by atoms with Crippen molar-refractivity contribution in [2.75, 3.05) is 12.4 Å². The highest BCUT2D eigenvalue weighted by Crippen LogP contribution is 2.11. The zero-order valence-corrected chi connectivity index (χ0v) is 10.5. The Morgan fingerprint density at radius 3 is 2.56 bits per heavy atom. The number of hydrogen-bond acceptors (Lipinski definition) is 3. The van der Waals surface area contributed by atoms with Gasteiger partial charge in [0.2, 0.25) is 0 Å². The smallest absolute Gasteiger partial charge is 0.273 e. The lowest BCUT2D eigenvalue weighted by Gasteiger charge is -2.06. The van der Waals surface area contributed by atoms with E-state index < -0.39 is 0 Å². The van der Waals surface area contributed by atoms with E-state index >= 15 is 0 Å². The monoisotopic (exact) mass is 244 g/mol. The van der Waals surface area contributed by atoms with Crippen molar-refractivity contribution in [3.63, 3.8) is 0 Å². The quantitative estimate of drug-likeness (QED) is 0.854. The Morgan fingerprint density at radius 1 is 1.28 bits per heavy atom.